The van der Waals surface area contributed by atoms with E-state index in [4.69, 9.17) is 0 Å². The molecule has 2 bridgehead atoms. The van der Waals surface area contributed by atoms with Crippen LogP contribution in [0.5, 0.6) is 0 Å². The van der Waals surface area contributed by atoms with Crippen LogP contribution in [0.3, 0.4) is 0 Å². The van der Waals surface area contributed by atoms with E-state index in [0.717, 1.165) is 24.1 Å². The van der Waals surface area contributed by atoms with Crippen LogP contribution in [0.1, 0.15) is 94.1 Å². The molecule has 0 heterocycles. The number of fused-ring (bicyclic) bond motifs is 1. The Morgan fingerprint density at radius 2 is 1.62 bits per heavy atom. The molecule has 50 heavy (non-hydrogen) atoms. The molecule has 0 aliphatic heterocycles. The van der Waals surface area contributed by atoms with Crippen molar-refractivity contribution in [3.8, 4) is 0 Å². The third-order valence-electron chi connectivity index (χ3n) is 13.8. The quantitative estimate of drug-likeness (QED) is 0.202. The summed E-state index contributed by atoms with van der Waals surface area (Å²) in [7, 11) is 0. The van der Waals surface area contributed by atoms with E-state index in [1.54, 1.807) is 4.90 Å². The summed E-state index contributed by atoms with van der Waals surface area (Å²) < 4.78 is 41.6. The summed E-state index contributed by atoms with van der Waals surface area (Å²) in [5, 5.41) is 26.8. The number of carbonyl (C=O) groups excluding carboxylic acids is 2. The number of nitrogens with zero attached hydrogens (tertiary/aromatic N) is 1. The first kappa shape index (κ1) is 35.0. The zero-order chi connectivity index (χ0) is 35.9. The first-order chi connectivity index (χ1) is 23.5. The summed E-state index contributed by atoms with van der Waals surface area (Å²) in [5.74, 6) is -0.634. The van der Waals surface area contributed by atoms with Gasteiger partial charge in [0.1, 0.15) is 0 Å². The average Bonchev–Trinajstić information content (AvgIpc) is 3.33. The smallest absolute Gasteiger partial charge is 0.393 e. The van der Waals surface area contributed by atoms with E-state index in [-0.39, 0.29) is 41.4 Å². The van der Waals surface area contributed by atoms with Crippen molar-refractivity contribution in [2.45, 2.75) is 103 Å². The normalized spacial score (nSPS) is 37.1. The predicted octanol–water partition coefficient (Wildman–Crippen LogP) is 8.10. The number of urea groups is 1. The van der Waals surface area contributed by atoms with E-state index in [1.165, 1.54) is 12.1 Å². The zero-order valence-electron chi connectivity index (χ0n) is 29.4. The average molecular weight is 691 g/mol. The van der Waals surface area contributed by atoms with Gasteiger partial charge in [0.05, 0.1) is 23.8 Å². The second-order valence-electron chi connectivity index (χ2n) is 16.7. The minimum absolute atomic E-state index is 0.00506. The molecular formula is C41H49F3N2O4. The number of allylic oxidation sites excluding steroid dienone is 4. The van der Waals surface area contributed by atoms with Gasteiger partial charge in [0.25, 0.3) is 0 Å². The van der Waals surface area contributed by atoms with Gasteiger partial charge in [-0.1, -0.05) is 74.5 Å². The van der Waals surface area contributed by atoms with Crippen molar-refractivity contribution in [2.24, 2.45) is 33.5 Å². The van der Waals surface area contributed by atoms with E-state index < -0.39 is 45.5 Å². The third kappa shape index (κ3) is 5.12. The lowest BCUT2D eigenvalue weighted by molar-refractivity contribution is -0.174. The molecule has 2 aromatic carbocycles. The molecule has 2 spiro atoms. The molecule has 3 N–H and O–H groups in total. The van der Waals surface area contributed by atoms with Crippen molar-refractivity contribution in [3.05, 3.63) is 95.1 Å². The van der Waals surface area contributed by atoms with Crippen LogP contribution in [0.25, 0.3) is 0 Å². The van der Waals surface area contributed by atoms with E-state index >= 15 is 0 Å². The number of hydrogen-bond donors (Lipinski definition) is 3. The fourth-order valence-electron chi connectivity index (χ4n) is 11.2. The lowest BCUT2D eigenvalue weighted by atomic mass is 9.32. The van der Waals surface area contributed by atoms with Crippen LogP contribution < -0.4 is 5.32 Å². The van der Waals surface area contributed by atoms with Gasteiger partial charge in [0, 0.05) is 40.0 Å². The molecule has 3 fully saturated rings. The van der Waals surface area contributed by atoms with Gasteiger partial charge in [-0.25, -0.2) is 4.79 Å². The summed E-state index contributed by atoms with van der Waals surface area (Å²) in [6.45, 7) is 8.59. The minimum Gasteiger partial charge on any atom is -0.393 e. The maximum Gasteiger partial charge on any atom is 0.416 e. The van der Waals surface area contributed by atoms with Crippen LogP contribution in [0, 0.1) is 33.5 Å². The van der Waals surface area contributed by atoms with Crippen LogP contribution in [0.15, 0.2) is 78.4 Å². The molecule has 6 nitrogen and oxygen atoms in total. The Labute approximate surface area is 292 Å². The Kier molecular flexibility index (Phi) is 8.26. The van der Waals surface area contributed by atoms with Gasteiger partial charge in [-0.2, -0.15) is 13.2 Å². The van der Waals surface area contributed by atoms with E-state index in [1.807, 2.05) is 50.3 Å². The van der Waals surface area contributed by atoms with Crippen LogP contribution in [0.4, 0.5) is 18.0 Å². The number of Topliss-reactive ketones (excluding diaryl/α,β-unsaturated/α-hetero) is 1. The Morgan fingerprint density at radius 1 is 0.940 bits per heavy atom. The summed E-state index contributed by atoms with van der Waals surface area (Å²) in [5.41, 5.74) is -3.14. The van der Waals surface area contributed by atoms with Crippen LogP contribution in [-0.2, 0) is 12.7 Å². The second-order valence-corrected chi connectivity index (χ2v) is 16.7. The molecule has 6 aliphatic rings. The molecule has 2 amide bonds. The van der Waals surface area contributed by atoms with Gasteiger partial charge in [-0.15, -0.1) is 0 Å². The van der Waals surface area contributed by atoms with E-state index in [0.29, 0.717) is 50.6 Å². The Morgan fingerprint density at radius 3 is 2.32 bits per heavy atom. The number of rotatable bonds is 7. The molecule has 2 aromatic rings. The zero-order valence-corrected chi connectivity index (χ0v) is 29.4. The number of aliphatic hydroxyl groups is 2. The summed E-state index contributed by atoms with van der Waals surface area (Å²) in [4.78, 5) is 30.1. The number of carbonyl (C=O) groups is 2. The largest absolute Gasteiger partial charge is 0.416 e. The van der Waals surface area contributed by atoms with Gasteiger partial charge in [-0.3, -0.25) is 4.79 Å². The van der Waals surface area contributed by atoms with Crippen molar-refractivity contribution in [1.82, 2.24) is 10.2 Å². The molecule has 3 saturated carbocycles. The van der Waals surface area contributed by atoms with Gasteiger partial charge in [-0.05, 0) is 93.7 Å². The Bertz CT molecular complexity index is 1740. The predicted molar refractivity (Wildman–Crippen MR) is 185 cm³/mol. The summed E-state index contributed by atoms with van der Waals surface area (Å²) in [6.07, 6.45) is 5.46. The highest BCUT2D eigenvalue weighted by molar-refractivity contribution is 6.10. The molecule has 0 aromatic heterocycles. The summed E-state index contributed by atoms with van der Waals surface area (Å²) in [6, 6.07) is 14.0. The molecule has 0 radical (unpaired) electrons. The fraction of sp³-hybridized carbons (Fsp3) is 0.561. The molecule has 6 aliphatic carbocycles. The minimum atomic E-state index is -4.60. The van der Waals surface area contributed by atoms with Crippen molar-refractivity contribution in [2.75, 3.05) is 6.54 Å². The van der Waals surface area contributed by atoms with Gasteiger partial charge in [0.15, 0.2) is 5.78 Å². The molecular weight excluding hydrogens is 641 g/mol. The highest BCUT2D eigenvalue weighted by Crippen LogP contribution is 2.78. The number of alkyl halides is 3. The fourth-order valence-corrected chi connectivity index (χ4v) is 11.2. The lowest BCUT2D eigenvalue weighted by Gasteiger charge is -2.71. The number of hydrogen-bond acceptors (Lipinski definition) is 4. The number of halogens is 3. The van der Waals surface area contributed by atoms with Crippen molar-refractivity contribution < 1.29 is 33.0 Å². The first-order valence-electron chi connectivity index (χ1n) is 18.1. The van der Waals surface area contributed by atoms with Gasteiger partial charge >= 0.3 is 12.2 Å². The van der Waals surface area contributed by atoms with Crippen LogP contribution in [-0.4, -0.2) is 51.2 Å². The van der Waals surface area contributed by atoms with E-state index in [9.17, 15) is 33.0 Å². The van der Waals surface area contributed by atoms with Gasteiger partial charge < -0.3 is 20.4 Å². The second kappa shape index (κ2) is 11.8. The number of aliphatic hydroxyl groups excluding tert-OH is 1. The highest BCUT2D eigenvalue weighted by Gasteiger charge is 2.74. The Balaban J connectivity index is 1.32. The molecule has 268 valence electrons. The molecule has 8 atom stereocenters. The first-order valence-corrected chi connectivity index (χ1v) is 18.1. The van der Waals surface area contributed by atoms with Crippen LogP contribution >= 0.6 is 0 Å². The van der Waals surface area contributed by atoms with E-state index in [2.05, 4.69) is 31.3 Å². The number of benzene rings is 2. The maximum absolute atomic E-state index is 14.7. The van der Waals surface area contributed by atoms with Crippen molar-refractivity contribution in [3.63, 3.8) is 0 Å². The molecule has 1 unspecified atom stereocenters. The van der Waals surface area contributed by atoms with Crippen LogP contribution in [0.2, 0.25) is 0 Å². The maximum atomic E-state index is 14.7. The SMILES string of the molecule is CC(C)NC(=O)N(Cc1ccccc1)C[C@]1(O)CC[C@H]2[C@]34C=C[C@@]5(C=C3C(=O)c3cccc(C(F)(F)F)c3)CC(O)CC[C@]5(C)[C@H]4CC[C@@]21C. The molecule has 9 heteroatoms. The third-order valence-corrected chi connectivity index (χ3v) is 13.8. The number of amides is 2. The Hall–Kier alpha value is -3.43. The standard InChI is InChI=1S/C41H49F3N2O4/c1-26(2)45-35(49)46(24-27-9-6-5-7-10-27)25-39(50)18-15-33-37(39,4)17-14-32-36(3)16-13-30(47)22-38(36)19-20-40(32,33)31(23-38)34(48)28-11-8-12-29(21-28)41(42,43)44/h5-12,19-21,23,26,30,32-33,47,50H,13-18,22,24-25H2,1-4H3,(H,45,49)/t30?,32-,33-,36-,37+,38+,39-,40-/m1/s1. The van der Waals surface area contributed by atoms with Crippen molar-refractivity contribution >= 4 is 11.8 Å². The highest BCUT2D eigenvalue weighted by atomic mass is 19.4. The molecule has 0 saturated heterocycles. The van der Waals surface area contributed by atoms with Crippen molar-refractivity contribution in [1.29, 1.82) is 0 Å². The number of nitrogens with one attached hydrogen (secondary N) is 1. The van der Waals surface area contributed by atoms with Gasteiger partial charge in [0.2, 0.25) is 0 Å². The topological polar surface area (TPSA) is 89.9 Å². The lowest BCUT2D eigenvalue weighted by Crippen LogP contribution is -2.67. The summed E-state index contributed by atoms with van der Waals surface area (Å²) >= 11 is 0. The molecule has 8 rings (SSSR count). The number of ketones is 1. The monoisotopic (exact) mass is 690 g/mol.